The molecule has 3 aromatic rings. The number of aromatic nitrogens is 1. The van der Waals surface area contributed by atoms with Crippen LogP contribution < -0.4 is 20.8 Å². The lowest BCUT2D eigenvalue weighted by Gasteiger charge is -2.32. The monoisotopic (exact) mass is 541 g/mol. The molecule has 1 aliphatic rings. The molecule has 2 unspecified atom stereocenters. The number of sulfonamides is 1. The SMILES string of the molecule is O=C(NC(CCCCCNc1ccccn1)(NS(=O)(=O)c1cccc2ccccc12)C(=O)O)C1CCON1. The number of benzene rings is 2. The molecule has 0 radical (unpaired) electrons. The highest BCUT2D eigenvalue weighted by molar-refractivity contribution is 7.89. The van der Waals surface area contributed by atoms with E-state index in [-0.39, 0.29) is 17.9 Å². The molecule has 4 rings (SSSR count). The summed E-state index contributed by atoms with van der Waals surface area (Å²) in [4.78, 5) is 34.7. The van der Waals surface area contributed by atoms with E-state index in [2.05, 4.69) is 25.8 Å². The minimum atomic E-state index is -4.36. The highest BCUT2D eigenvalue weighted by Gasteiger charge is 2.45. The number of carbonyl (C=O) groups is 2. The zero-order chi connectivity index (χ0) is 27.0. The Morgan fingerprint density at radius 3 is 2.58 bits per heavy atom. The summed E-state index contributed by atoms with van der Waals surface area (Å²) in [6, 6.07) is 16.4. The molecule has 1 amide bonds. The molecule has 0 bridgehead atoms. The number of carboxylic acids is 1. The van der Waals surface area contributed by atoms with Gasteiger partial charge in [0, 0.05) is 18.1 Å². The van der Waals surface area contributed by atoms with E-state index in [0.717, 1.165) is 5.82 Å². The Morgan fingerprint density at radius 1 is 1.05 bits per heavy atom. The fourth-order valence-electron chi connectivity index (χ4n) is 4.31. The van der Waals surface area contributed by atoms with Gasteiger partial charge >= 0.3 is 5.97 Å². The Labute approximate surface area is 221 Å². The second-order valence-corrected chi connectivity index (χ2v) is 10.7. The van der Waals surface area contributed by atoms with Crippen LogP contribution in [0.3, 0.4) is 0 Å². The Balaban J connectivity index is 1.52. The van der Waals surface area contributed by atoms with Crippen LogP contribution in [0.2, 0.25) is 0 Å². The highest BCUT2D eigenvalue weighted by atomic mass is 32.2. The normalized spacial score (nSPS) is 17.1. The Kier molecular flexibility index (Phi) is 8.89. The van der Waals surface area contributed by atoms with Gasteiger partial charge in [-0.25, -0.2) is 18.2 Å². The van der Waals surface area contributed by atoms with E-state index in [9.17, 15) is 23.1 Å². The van der Waals surface area contributed by atoms with Gasteiger partial charge in [0.2, 0.25) is 21.6 Å². The fraction of sp³-hybridized carbons (Fsp3) is 0.346. The Hall–Kier alpha value is -3.58. The second-order valence-electron chi connectivity index (χ2n) is 9.04. The van der Waals surface area contributed by atoms with Crippen LogP contribution in [0.4, 0.5) is 5.82 Å². The summed E-state index contributed by atoms with van der Waals surface area (Å²) in [5.41, 5.74) is 0.281. The topological polar surface area (TPSA) is 159 Å². The highest BCUT2D eigenvalue weighted by Crippen LogP contribution is 2.25. The Morgan fingerprint density at radius 2 is 1.84 bits per heavy atom. The molecular weight excluding hydrogens is 510 g/mol. The van der Waals surface area contributed by atoms with E-state index in [0.29, 0.717) is 43.0 Å². The number of pyridine rings is 1. The molecule has 1 aliphatic heterocycles. The van der Waals surface area contributed by atoms with Crippen LogP contribution in [0.15, 0.2) is 71.8 Å². The maximum Gasteiger partial charge on any atom is 0.345 e. The third-order valence-corrected chi connectivity index (χ3v) is 7.85. The molecule has 0 aliphatic carbocycles. The molecule has 2 atom stereocenters. The molecule has 1 fully saturated rings. The zero-order valence-electron chi connectivity index (χ0n) is 20.7. The summed E-state index contributed by atoms with van der Waals surface area (Å²) in [7, 11) is -4.36. The molecule has 1 aromatic heterocycles. The van der Waals surface area contributed by atoms with Crippen molar-refractivity contribution in [3.63, 3.8) is 0 Å². The van der Waals surface area contributed by atoms with Crippen molar-refractivity contribution in [1.29, 1.82) is 0 Å². The van der Waals surface area contributed by atoms with Gasteiger partial charge in [0.25, 0.3) is 0 Å². The van der Waals surface area contributed by atoms with Crippen molar-refractivity contribution < 1.29 is 28.0 Å². The predicted octanol–water partition coefficient (Wildman–Crippen LogP) is 2.38. The smallest absolute Gasteiger partial charge is 0.345 e. The number of nitrogens with zero attached hydrogens (tertiary/aromatic N) is 1. The van der Waals surface area contributed by atoms with Crippen molar-refractivity contribution in [1.82, 2.24) is 20.5 Å². The number of hydroxylamine groups is 1. The quantitative estimate of drug-likeness (QED) is 0.162. The molecule has 11 nitrogen and oxygen atoms in total. The van der Waals surface area contributed by atoms with Gasteiger partial charge in [0.05, 0.1) is 11.5 Å². The van der Waals surface area contributed by atoms with Crippen molar-refractivity contribution in [3.05, 3.63) is 66.9 Å². The number of hydrogen-bond acceptors (Lipinski definition) is 8. The lowest BCUT2D eigenvalue weighted by Crippen LogP contribution is -2.67. The summed E-state index contributed by atoms with van der Waals surface area (Å²) in [5.74, 6) is -1.43. The van der Waals surface area contributed by atoms with Gasteiger partial charge in [-0.1, -0.05) is 48.9 Å². The van der Waals surface area contributed by atoms with Crippen LogP contribution in [0, 0.1) is 0 Å². The van der Waals surface area contributed by atoms with Crippen LogP contribution in [0.5, 0.6) is 0 Å². The molecule has 2 heterocycles. The summed E-state index contributed by atoms with van der Waals surface area (Å²) < 4.78 is 29.5. The largest absolute Gasteiger partial charge is 0.478 e. The molecule has 5 N–H and O–H groups in total. The van der Waals surface area contributed by atoms with Gasteiger partial charge in [-0.15, -0.1) is 0 Å². The number of amides is 1. The first kappa shape index (κ1) is 27.5. The van der Waals surface area contributed by atoms with E-state index in [4.69, 9.17) is 4.84 Å². The van der Waals surface area contributed by atoms with Gasteiger partial charge in [0.15, 0.2) is 0 Å². The third kappa shape index (κ3) is 6.64. The van der Waals surface area contributed by atoms with E-state index in [1.807, 2.05) is 18.2 Å². The first-order valence-electron chi connectivity index (χ1n) is 12.4. The number of fused-ring (bicyclic) bond motifs is 1. The van der Waals surface area contributed by atoms with Crippen molar-refractivity contribution in [2.24, 2.45) is 0 Å². The van der Waals surface area contributed by atoms with E-state index >= 15 is 0 Å². The standard InChI is InChI=1S/C26H31N5O6S/c32-24(21-14-18-37-30-21)29-26(25(33)34,15-5-1-6-16-27-23-13-4-7-17-28-23)31-38(35,36)22-12-8-10-19-9-2-3-11-20(19)22/h2-4,7-13,17,21,30-31H,1,5-6,14-16,18H2,(H,27,28)(H,29,32)(H,33,34). The van der Waals surface area contributed by atoms with Crippen molar-refractivity contribution in [2.45, 2.75) is 48.7 Å². The summed E-state index contributed by atoms with van der Waals surface area (Å²) in [6.07, 6.45) is 3.47. The lowest BCUT2D eigenvalue weighted by molar-refractivity contribution is -0.149. The number of anilines is 1. The van der Waals surface area contributed by atoms with Crippen LogP contribution in [0.1, 0.15) is 32.1 Å². The number of carbonyl (C=O) groups excluding carboxylic acids is 1. The fourth-order valence-corrected chi connectivity index (χ4v) is 5.85. The van der Waals surface area contributed by atoms with Gasteiger partial charge in [-0.05, 0) is 49.3 Å². The first-order chi connectivity index (χ1) is 18.3. The summed E-state index contributed by atoms with van der Waals surface area (Å²) >= 11 is 0. The van der Waals surface area contributed by atoms with Crippen LogP contribution >= 0.6 is 0 Å². The maximum atomic E-state index is 13.6. The van der Waals surface area contributed by atoms with Gasteiger partial charge in [-0.3, -0.25) is 4.79 Å². The molecule has 0 spiro atoms. The van der Waals surface area contributed by atoms with Gasteiger partial charge in [0.1, 0.15) is 11.9 Å². The van der Waals surface area contributed by atoms with Gasteiger partial charge < -0.3 is 20.6 Å². The predicted molar refractivity (Wildman–Crippen MR) is 141 cm³/mol. The second kappa shape index (κ2) is 12.3. The minimum Gasteiger partial charge on any atom is -0.478 e. The maximum absolute atomic E-state index is 13.6. The number of aliphatic carboxylic acids is 1. The van der Waals surface area contributed by atoms with Crippen molar-refractivity contribution in [3.8, 4) is 0 Å². The van der Waals surface area contributed by atoms with Crippen LogP contribution in [0.25, 0.3) is 10.8 Å². The molecule has 0 saturated carbocycles. The van der Waals surface area contributed by atoms with Crippen LogP contribution in [-0.2, 0) is 24.4 Å². The minimum absolute atomic E-state index is 0.0719. The number of nitrogens with one attached hydrogen (secondary N) is 4. The summed E-state index contributed by atoms with van der Waals surface area (Å²) in [6.45, 7) is 0.887. The Bertz CT molecular complexity index is 1360. The van der Waals surface area contributed by atoms with E-state index in [1.54, 1.807) is 42.6 Å². The number of hydrogen-bond donors (Lipinski definition) is 5. The number of unbranched alkanes of at least 4 members (excludes halogenated alkanes) is 2. The zero-order valence-corrected chi connectivity index (χ0v) is 21.5. The average molecular weight is 542 g/mol. The third-order valence-electron chi connectivity index (χ3n) is 6.30. The molecular formula is C26H31N5O6S. The molecule has 1 saturated heterocycles. The molecule has 2 aromatic carbocycles. The lowest BCUT2D eigenvalue weighted by atomic mass is 10.0. The van der Waals surface area contributed by atoms with Crippen molar-refractivity contribution in [2.75, 3.05) is 18.5 Å². The first-order valence-corrected chi connectivity index (χ1v) is 13.9. The summed E-state index contributed by atoms with van der Waals surface area (Å²) in [5, 5.41) is 17.1. The average Bonchev–Trinajstić information content (AvgIpc) is 3.46. The van der Waals surface area contributed by atoms with Gasteiger partial charge in [-0.2, -0.15) is 10.2 Å². The van der Waals surface area contributed by atoms with Crippen LogP contribution in [-0.4, -0.2) is 55.2 Å². The van der Waals surface area contributed by atoms with E-state index in [1.165, 1.54) is 6.07 Å². The molecule has 202 valence electrons. The van der Waals surface area contributed by atoms with Crippen molar-refractivity contribution >= 4 is 38.5 Å². The van der Waals surface area contributed by atoms with E-state index < -0.39 is 33.6 Å². The number of carboxylic acid groups (broad SMARTS) is 1. The molecule has 38 heavy (non-hydrogen) atoms. The number of rotatable bonds is 13. The molecule has 12 heteroatoms.